The fraction of sp³-hybridized carbons (Fsp3) is 0.933. The van der Waals surface area contributed by atoms with E-state index in [0.29, 0.717) is 39.4 Å². The lowest BCUT2D eigenvalue weighted by Crippen LogP contribution is -2.52. The van der Waals surface area contributed by atoms with Crippen molar-refractivity contribution < 1.29 is 23.7 Å². The smallest absolute Gasteiger partial charge is 0.325 e. The topological polar surface area (TPSA) is 66.0 Å². The Morgan fingerprint density at radius 3 is 2.48 bits per heavy atom. The molecule has 0 amide bonds. The summed E-state index contributed by atoms with van der Waals surface area (Å²) in [6, 6.07) is 0. The Labute approximate surface area is 128 Å². The SMILES string of the molecule is CCNC(C)(CC(C)OCCCOCCOC)C(=O)OC. The molecular weight excluding hydrogens is 274 g/mol. The quantitative estimate of drug-likeness (QED) is 0.409. The molecule has 0 rings (SSSR count). The van der Waals surface area contributed by atoms with Crippen LogP contribution < -0.4 is 5.32 Å². The molecule has 0 heterocycles. The van der Waals surface area contributed by atoms with Crippen molar-refractivity contribution in [3.63, 3.8) is 0 Å². The average molecular weight is 305 g/mol. The molecule has 1 N–H and O–H groups in total. The lowest BCUT2D eigenvalue weighted by atomic mass is 9.94. The Morgan fingerprint density at radius 1 is 1.19 bits per heavy atom. The second kappa shape index (κ2) is 11.9. The summed E-state index contributed by atoms with van der Waals surface area (Å²) < 4.78 is 20.8. The van der Waals surface area contributed by atoms with Crippen molar-refractivity contribution in [1.29, 1.82) is 0 Å². The predicted octanol–water partition coefficient (Wildman–Crippen LogP) is 1.38. The van der Waals surface area contributed by atoms with Gasteiger partial charge in [-0.05, 0) is 26.8 Å². The summed E-state index contributed by atoms with van der Waals surface area (Å²) in [5.74, 6) is -0.261. The maximum Gasteiger partial charge on any atom is 0.325 e. The number of methoxy groups -OCH3 is 2. The molecule has 0 aromatic carbocycles. The van der Waals surface area contributed by atoms with E-state index in [2.05, 4.69) is 5.32 Å². The molecule has 21 heavy (non-hydrogen) atoms. The van der Waals surface area contributed by atoms with E-state index in [1.807, 2.05) is 20.8 Å². The minimum atomic E-state index is -0.710. The standard InChI is InChI=1S/C15H31NO5/c1-6-16-15(3,14(17)19-5)12-13(2)21-9-7-8-20-11-10-18-4/h13,16H,6-12H2,1-5H3. The van der Waals surface area contributed by atoms with E-state index in [0.717, 1.165) is 6.42 Å². The lowest BCUT2D eigenvalue weighted by Gasteiger charge is -2.30. The normalized spacial score (nSPS) is 15.5. The summed E-state index contributed by atoms with van der Waals surface area (Å²) in [7, 11) is 3.05. The Morgan fingerprint density at radius 2 is 1.90 bits per heavy atom. The second-order valence-corrected chi connectivity index (χ2v) is 5.20. The molecule has 0 aromatic rings. The van der Waals surface area contributed by atoms with Gasteiger partial charge in [0, 0.05) is 26.7 Å². The molecule has 0 saturated carbocycles. The fourth-order valence-corrected chi connectivity index (χ4v) is 2.17. The summed E-state index contributed by atoms with van der Waals surface area (Å²) in [5.41, 5.74) is -0.710. The molecule has 6 nitrogen and oxygen atoms in total. The average Bonchev–Trinajstić information content (AvgIpc) is 2.45. The maximum atomic E-state index is 11.9. The van der Waals surface area contributed by atoms with Gasteiger partial charge in [-0.3, -0.25) is 4.79 Å². The highest BCUT2D eigenvalue weighted by Gasteiger charge is 2.35. The summed E-state index contributed by atoms with van der Waals surface area (Å²) in [4.78, 5) is 11.9. The highest BCUT2D eigenvalue weighted by Crippen LogP contribution is 2.16. The van der Waals surface area contributed by atoms with Crippen LogP contribution in [0.2, 0.25) is 0 Å². The van der Waals surface area contributed by atoms with Gasteiger partial charge in [0.15, 0.2) is 0 Å². The zero-order chi connectivity index (χ0) is 16.1. The molecule has 6 heteroatoms. The molecule has 0 radical (unpaired) electrons. The van der Waals surface area contributed by atoms with Gasteiger partial charge >= 0.3 is 5.97 Å². The minimum absolute atomic E-state index is 0.0351. The van der Waals surface area contributed by atoms with E-state index >= 15 is 0 Å². The molecule has 0 aliphatic carbocycles. The van der Waals surface area contributed by atoms with Gasteiger partial charge in [0.1, 0.15) is 5.54 Å². The Balaban J connectivity index is 3.93. The van der Waals surface area contributed by atoms with Crippen molar-refractivity contribution in [2.45, 2.75) is 45.3 Å². The molecule has 0 aliphatic rings. The van der Waals surface area contributed by atoms with E-state index < -0.39 is 5.54 Å². The summed E-state index contributed by atoms with van der Waals surface area (Å²) in [6.45, 7) is 8.94. The summed E-state index contributed by atoms with van der Waals surface area (Å²) in [5, 5.41) is 3.17. The third-order valence-electron chi connectivity index (χ3n) is 3.17. The largest absolute Gasteiger partial charge is 0.468 e. The Kier molecular flexibility index (Phi) is 11.5. The number of likely N-dealkylation sites (N-methyl/N-ethyl adjacent to an activating group) is 1. The summed E-state index contributed by atoms with van der Waals surface area (Å²) >= 11 is 0. The van der Waals surface area contributed by atoms with Crippen LogP contribution in [0.1, 0.15) is 33.6 Å². The molecule has 0 aliphatic heterocycles. The van der Waals surface area contributed by atoms with Crippen molar-refractivity contribution >= 4 is 5.97 Å². The number of hydrogen-bond donors (Lipinski definition) is 1. The monoisotopic (exact) mass is 305 g/mol. The van der Waals surface area contributed by atoms with Crippen molar-refractivity contribution in [2.75, 3.05) is 47.2 Å². The van der Waals surface area contributed by atoms with Crippen molar-refractivity contribution in [3.8, 4) is 0 Å². The van der Waals surface area contributed by atoms with Gasteiger partial charge in [-0.1, -0.05) is 6.92 Å². The number of carbonyl (C=O) groups excluding carboxylic acids is 1. The van der Waals surface area contributed by atoms with Crippen molar-refractivity contribution in [3.05, 3.63) is 0 Å². The first-order valence-corrected chi connectivity index (χ1v) is 7.51. The molecule has 0 saturated heterocycles. The number of rotatable bonds is 13. The number of hydrogen-bond acceptors (Lipinski definition) is 6. The number of esters is 1. The van der Waals surface area contributed by atoms with Crippen molar-refractivity contribution in [1.82, 2.24) is 5.32 Å². The highest BCUT2D eigenvalue weighted by molar-refractivity contribution is 5.80. The number of nitrogens with one attached hydrogen (secondary N) is 1. The van der Waals surface area contributed by atoms with E-state index in [4.69, 9.17) is 18.9 Å². The van der Waals surface area contributed by atoms with Gasteiger partial charge in [0.2, 0.25) is 0 Å². The summed E-state index contributed by atoms with van der Waals surface area (Å²) in [6.07, 6.45) is 1.36. The molecule has 2 unspecified atom stereocenters. The van der Waals surface area contributed by atoms with Crippen LogP contribution in [0.15, 0.2) is 0 Å². The first kappa shape index (κ1) is 20.3. The molecule has 0 fully saturated rings. The van der Waals surface area contributed by atoms with Gasteiger partial charge in [-0.25, -0.2) is 0 Å². The molecule has 2 atom stereocenters. The van der Waals surface area contributed by atoms with Crippen LogP contribution in [-0.2, 0) is 23.7 Å². The molecule has 0 spiro atoms. The Hall–Kier alpha value is -0.690. The third-order valence-corrected chi connectivity index (χ3v) is 3.17. The zero-order valence-corrected chi connectivity index (χ0v) is 14.1. The van der Waals surface area contributed by atoms with Crippen LogP contribution in [-0.4, -0.2) is 64.8 Å². The fourth-order valence-electron chi connectivity index (χ4n) is 2.17. The van der Waals surface area contributed by atoms with Crippen LogP contribution in [0.25, 0.3) is 0 Å². The highest BCUT2D eigenvalue weighted by atomic mass is 16.5. The maximum absolute atomic E-state index is 11.9. The minimum Gasteiger partial charge on any atom is -0.468 e. The van der Waals surface area contributed by atoms with E-state index in [-0.39, 0.29) is 12.1 Å². The third kappa shape index (κ3) is 9.03. The molecule has 0 aromatic heterocycles. The zero-order valence-electron chi connectivity index (χ0n) is 14.1. The van der Waals surface area contributed by atoms with Gasteiger partial charge in [-0.15, -0.1) is 0 Å². The van der Waals surface area contributed by atoms with E-state index in [9.17, 15) is 4.79 Å². The molecule has 0 bridgehead atoms. The predicted molar refractivity (Wildman–Crippen MR) is 81.4 cm³/mol. The molecule has 126 valence electrons. The second-order valence-electron chi connectivity index (χ2n) is 5.20. The van der Waals surface area contributed by atoms with Gasteiger partial charge < -0.3 is 24.3 Å². The molecular formula is C15H31NO5. The van der Waals surface area contributed by atoms with Gasteiger partial charge in [-0.2, -0.15) is 0 Å². The van der Waals surface area contributed by atoms with E-state index in [1.54, 1.807) is 7.11 Å². The lowest BCUT2D eigenvalue weighted by molar-refractivity contribution is -0.149. The van der Waals surface area contributed by atoms with E-state index in [1.165, 1.54) is 7.11 Å². The first-order valence-electron chi connectivity index (χ1n) is 7.51. The van der Waals surface area contributed by atoms with Crippen LogP contribution in [0.3, 0.4) is 0 Å². The number of carbonyl (C=O) groups is 1. The van der Waals surface area contributed by atoms with Crippen molar-refractivity contribution in [2.24, 2.45) is 0 Å². The van der Waals surface area contributed by atoms with Crippen LogP contribution in [0, 0.1) is 0 Å². The van der Waals surface area contributed by atoms with Gasteiger partial charge in [0.25, 0.3) is 0 Å². The Bertz CT molecular complexity index is 275. The van der Waals surface area contributed by atoms with Crippen LogP contribution in [0.4, 0.5) is 0 Å². The number of ether oxygens (including phenoxy) is 4. The van der Waals surface area contributed by atoms with Crippen LogP contribution in [0.5, 0.6) is 0 Å². The van der Waals surface area contributed by atoms with Crippen LogP contribution >= 0.6 is 0 Å². The van der Waals surface area contributed by atoms with Gasteiger partial charge in [0.05, 0.1) is 26.4 Å². The first-order chi connectivity index (χ1) is 10.00.